The molecule has 7 nitrogen and oxygen atoms in total. The van der Waals surface area contributed by atoms with E-state index in [0.717, 1.165) is 35.1 Å². The van der Waals surface area contributed by atoms with E-state index in [0.29, 0.717) is 13.1 Å². The first kappa shape index (κ1) is 16.3. The number of anilines is 2. The van der Waals surface area contributed by atoms with Crippen molar-refractivity contribution in [1.82, 2.24) is 19.9 Å². The maximum atomic E-state index is 11.7. The highest BCUT2D eigenvalue weighted by molar-refractivity contribution is 5.78. The number of nitrogens with zero attached hydrogens (tertiary/aromatic N) is 4. The van der Waals surface area contributed by atoms with E-state index in [1.807, 2.05) is 32.0 Å². The van der Waals surface area contributed by atoms with Crippen molar-refractivity contribution in [3.8, 4) is 0 Å². The van der Waals surface area contributed by atoms with E-state index in [4.69, 9.17) is 5.73 Å². The first-order valence-corrected chi connectivity index (χ1v) is 8.09. The number of nitrogens with one attached hydrogen (secondary N) is 1. The van der Waals surface area contributed by atoms with Gasteiger partial charge in [0.05, 0.1) is 6.54 Å². The first-order chi connectivity index (χ1) is 11.6. The third-order valence-corrected chi connectivity index (χ3v) is 4.21. The summed E-state index contributed by atoms with van der Waals surface area (Å²) in [7, 11) is 0. The molecule has 3 N–H and O–H groups in total. The van der Waals surface area contributed by atoms with Crippen LogP contribution in [0.3, 0.4) is 0 Å². The third-order valence-electron chi connectivity index (χ3n) is 4.21. The molecule has 1 saturated heterocycles. The molecule has 1 atom stereocenters. The number of nitrogens with two attached hydrogens (primary N) is 1. The minimum atomic E-state index is -0.0207. The van der Waals surface area contributed by atoms with Gasteiger partial charge in [-0.1, -0.05) is 6.07 Å². The number of aryl methyl sites for hydroxylation is 2. The maximum absolute atomic E-state index is 11.7. The van der Waals surface area contributed by atoms with Gasteiger partial charge in [-0.05, 0) is 31.9 Å². The van der Waals surface area contributed by atoms with Crippen LogP contribution in [0.15, 0.2) is 24.4 Å². The number of hydrogen-bond donors (Lipinski definition) is 2. The van der Waals surface area contributed by atoms with E-state index in [1.54, 1.807) is 11.1 Å². The van der Waals surface area contributed by atoms with Crippen molar-refractivity contribution in [2.24, 2.45) is 5.73 Å². The Morgan fingerprint density at radius 2 is 2.25 bits per heavy atom. The fourth-order valence-corrected chi connectivity index (χ4v) is 2.90. The van der Waals surface area contributed by atoms with Crippen LogP contribution in [0, 0.1) is 13.8 Å². The van der Waals surface area contributed by atoms with Crippen LogP contribution >= 0.6 is 0 Å². The van der Waals surface area contributed by atoms with E-state index in [9.17, 15) is 4.79 Å². The average molecular weight is 326 g/mol. The van der Waals surface area contributed by atoms with E-state index < -0.39 is 0 Å². The highest BCUT2D eigenvalue weighted by Crippen LogP contribution is 2.26. The Kier molecular flexibility index (Phi) is 4.71. The molecule has 0 aromatic carbocycles. The molecule has 0 spiro atoms. The molecule has 7 heteroatoms. The first-order valence-electron chi connectivity index (χ1n) is 8.09. The summed E-state index contributed by atoms with van der Waals surface area (Å²) in [5, 5.41) is 3.26. The number of rotatable bonds is 4. The minimum Gasteiger partial charge on any atom is -0.341 e. The summed E-state index contributed by atoms with van der Waals surface area (Å²) in [5.41, 5.74) is 7.39. The van der Waals surface area contributed by atoms with Crippen molar-refractivity contribution in [3.63, 3.8) is 0 Å². The van der Waals surface area contributed by atoms with Gasteiger partial charge in [-0.15, -0.1) is 0 Å². The van der Waals surface area contributed by atoms with Crippen LogP contribution in [0.4, 0.5) is 11.6 Å². The SMILES string of the molecule is Cc1cc(Nc2ncccc2C)nc([C@@H]2CCN(C(=O)CN)C2)n1. The summed E-state index contributed by atoms with van der Waals surface area (Å²) >= 11 is 0. The molecule has 2 aromatic rings. The zero-order valence-electron chi connectivity index (χ0n) is 14.0. The molecule has 2 aromatic heterocycles. The largest absolute Gasteiger partial charge is 0.341 e. The fraction of sp³-hybridized carbons (Fsp3) is 0.412. The highest BCUT2D eigenvalue weighted by Gasteiger charge is 2.28. The topological polar surface area (TPSA) is 97.0 Å². The van der Waals surface area contributed by atoms with Gasteiger partial charge in [-0.3, -0.25) is 4.79 Å². The summed E-state index contributed by atoms with van der Waals surface area (Å²) in [5.74, 6) is 2.40. The van der Waals surface area contributed by atoms with Crippen LogP contribution < -0.4 is 11.1 Å². The molecule has 1 aliphatic heterocycles. The molecule has 3 heterocycles. The second-order valence-electron chi connectivity index (χ2n) is 6.08. The number of likely N-dealkylation sites (tertiary alicyclic amines) is 1. The number of carbonyl (C=O) groups excluding carboxylic acids is 1. The van der Waals surface area contributed by atoms with Gasteiger partial charge < -0.3 is 16.0 Å². The van der Waals surface area contributed by atoms with Crippen molar-refractivity contribution in [2.45, 2.75) is 26.2 Å². The van der Waals surface area contributed by atoms with Crippen molar-refractivity contribution in [2.75, 3.05) is 25.0 Å². The molecule has 0 bridgehead atoms. The lowest BCUT2D eigenvalue weighted by Crippen LogP contribution is -2.34. The molecule has 1 amide bonds. The molecule has 0 saturated carbocycles. The summed E-state index contributed by atoms with van der Waals surface area (Å²) in [4.78, 5) is 27.1. The summed E-state index contributed by atoms with van der Waals surface area (Å²) < 4.78 is 0. The number of pyridine rings is 1. The van der Waals surface area contributed by atoms with Gasteiger partial charge in [-0.2, -0.15) is 0 Å². The Bertz CT molecular complexity index is 748. The normalized spacial score (nSPS) is 17.1. The Morgan fingerprint density at radius 1 is 1.42 bits per heavy atom. The second-order valence-corrected chi connectivity index (χ2v) is 6.08. The summed E-state index contributed by atoms with van der Waals surface area (Å²) in [6.07, 6.45) is 2.61. The second kappa shape index (κ2) is 6.92. The Balaban J connectivity index is 1.80. The van der Waals surface area contributed by atoms with Crippen molar-refractivity contribution in [1.29, 1.82) is 0 Å². The average Bonchev–Trinajstić information content (AvgIpc) is 3.06. The Hall–Kier alpha value is -2.54. The number of carbonyl (C=O) groups is 1. The predicted octanol–water partition coefficient (Wildman–Crippen LogP) is 1.51. The van der Waals surface area contributed by atoms with Crippen LogP contribution in [0.1, 0.15) is 29.4 Å². The van der Waals surface area contributed by atoms with Gasteiger partial charge in [-0.25, -0.2) is 15.0 Å². The van der Waals surface area contributed by atoms with Crippen LogP contribution in [0.5, 0.6) is 0 Å². The van der Waals surface area contributed by atoms with Crippen molar-refractivity contribution in [3.05, 3.63) is 41.5 Å². The highest BCUT2D eigenvalue weighted by atomic mass is 16.2. The molecule has 1 aliphatic rings. The zero-order chi connectivity index (χ0) is 17.1. The standard InChI is InChI=1S/C17H22N6O/c1-11-4-3-6-19-16(11)21-14-8-12(2)20-17(22-14)13-5-7-23(10-13)15(24)9-18/h3-4,6,8,13H,5,7,9-10,18H2,1-2H3,(H,19,20,21,22)/t13-/m1/s1. The van der Waals surface area contributed by atoms with Crippen LogP contribution in [-0.2, 0) is 4.79 Å². The zero-order valence-corrected chi connectivity index (χ0v) is 14.0. The van der Waals surface area contributed by atoms with Gasteiger partial charge in [0.25, 0.3) is 0 Å². The molecule has 1 fully saturated rings. The van der Waals surface area contributed by atoms with Gasteiger partial charge in [0.15, 0.2) is 0 Å². The van der Waals surface area contributed by atoms with Crippen molar-refractivity contribution >= 4 is 17.5 Å². The summed E-state index contributed by atoms with van der Waals surface area (Å²) in [6.45, 7) is 5.33. The van der Waals surface area contributed by atoms with Crippen LogP contribution in [-0.4, -0.2) is 45.4 Å². The lowest BCUT2D eigenvalue weighted by molar-refractivity contribution is -0.128. The molecule has 126 valence electrons. The van der Waals surface area contributed by atoms with E-state index in [-0.39, 0.29) is 18.4 Å². The molecule has 0 unspecified atom stereocenters. The van der Waals surface area contributed by atoms with Gasteiger partial charge in [0.2, 0.25) is 5.91 Å². The van der Waals surface area contributed by atoms with Crippen LogP contribution in [0.25, 0.3) is 0 Å². The number of hydrogen-bond acceptors (Lipinski definition) is 6. The quantitative estimate of drug-likeness (QED) is 0.884. The van der Waals surface area contributed by atoms with Crippen molar-refractivity contribution < 1.29 is 4.79 Å². The molecule has 3 rings (SSSR count). The lowest BCUT2D eigenvalue weighted by Gasteiger charge is -2.15. The molecular weight excluding hydrogens is 304 g/mol. The van der Waals surface area contributed by atoms with E-state index in [2.05, 4.69) is 20.3 Å². The van der Waals surface area contributed by atoms with Gasteiger partial charge >= 0.3 is 0 Å². The summed E-state index contributed by atoms with van der Waals surface area (Å²) in [6, 6.07) is 5.80. The molecule has 0 radical (unpaired) electrons. The number of amides is 1. The Morgan fingerprint density at radius 3 is 3.00 bits per heavy atom. The lowest BCUT2D eigenvalue weighted by atomic mass is 10.1. The monoisotopic (exact) mass is 326 g/mol. The van der Waals surface area contributed by atoms with Crippen LogP contribution in [0.2, 0.25) is 0 Å². The fourth-order valence-electron chi connectivity index (χ4n) is 2.90. The van der Waals surface area contributed by atoms with E-state index >= 15 is 0 Å². The van der Waals surface area contributed by atoms with Gasteiger partial charge in [0.1, 0.15) is 17.5 Å². The predicted molar refractivity (Wildman–Crippen MR) is 92.0 cm³/mol. The molecule has 24 heavy (non-hydrogen) atoms. The third kappa shape index (κ3) is 3.51. The van der Waals surface area contributed by atoms with E-state index in [1.165, 1.54) is 0 Å². The maximum Gasteiger partial charge on any atom is 0.236 e. The van der Waals surface area contributed by atoms with Gasteiger partial charge in [0, 0.05) is 37.0 Å². The minimum absolute atomic E-state index is 0.0207. The molecule has 0 aliphatic carbocycles. The Labute approximate surface area is 141 Å². The smallest absolute Gasteiger partial charge is 0.236 e. The molecular formula is C17H22N6O. The number of aromatic nitrogens is 3.